The molecule has 2 atom stereocenters. The van der Waals surface area contributed by atoms with Crippen molar-refractivity contribution in [2.45, 2.75) is 31.7 Å². The first-order chi connectivity index (χ1) is 8.79. The van der Waals surface area contributed by atoms with E-state index in [0.29, 0.717) is 12.0 Å². The number of hydrogen-bond donors (Lipinski definition) is 0. The van der Waals surface area contributed by atoms with Crippen LogP contribution < -0.4 is 0 Å². The molecule has 1 aliphatic rings. The van der Waals surface area contributed by atoms with Gasteiger partial charge in [-0.15, -0.1) is 0 Å². The van der Waals surface area contributed by atoms with E-state index in [1.54, 1.807) is 0 Å². The first-order valence-corrected chi connectivity index (χ1v) is 6.35. The Hall–Kier alpha value is -1.90. The highest BCUT2D eigenvalue weighted by molar-refractivity contribution is 5.75. The maximum Gasteiger partial charge on any atom is 0.150 e. The second-order valence-corrected chi connectivity index (χ2v) is 4.98. The van der Waals surface area contributed by atoms with Crippen LogP contribution in [0.4, 0.5) is 0 Å². The maximum absolute atomic E-state index is 10.9. The first-order valence-electron chi connectivity index (χ1n) is 6.35. The van der Waals surface area contributed by atoms with Crippen LogP contribution in [0.2, 0.25) is 0 Å². The fraction of sp³-hybridized carbons (Fsp3) is 0.333. The van der Waals surface area contributed by atoms with Crippen LogP contribution in [0.15, 0.2) is 36.9 Å². The Morgan fingerprint density at radius 1 is 1.44 bits per heavy atom. The van der Waals surface area contributed by atoms with Crippen molar-refractivity contribution < 1.29 is 4.79 Å². The molecule has 3 rings (SSSR count). The van der Waals surface area contributed by atoms with E-state index in [1.165, 1.54) is 11.1 Å². The quantitative estimate of drug-likeness (QED) is 0.756. The van der Waals surface area contributed by atoms with Crippen molar-refractivity contribution in [2.24, 2.45) is 0 Å². The third-order valence-corrected chi connectivity index (χ3v) is 3.99. The van der Waals surface area contributed by atoms with Crippen molar-refractivity contribution in [1.29, 1.82) is 0 Å². The Kier molecular flexibility index (Phi) is 2.74. The molecule has 3 heteroatoms. The molecule has 2 aromatic rings. The summed E-state index contributed by atoms with van der Waals surface area (Å²) in [5.74, 6) is 0.419. The number of nitrogens with zero attached hydrogens (tertiary/aromatic N) is 2. The molecule has 0 N–H and O–H groups in total. The molecule has 1 aliphatic carbocycles. The van der Waals surface area contributed by atoms with Crippen LogP contribution in [0.3, 0.4) is 0 Å². The highest BCUT2D eigenvalue weighted by Gasteiger charge is 2.27. The normalized spacial score (nSPS) is 22.5. The lowest BCUT2D eigenvalue weighted by atomic mass is 9.79. The molecule has 0 fully saturated rings. The zero-order valence-electron chi connectivity index (χ0n) is 10.4. The van der Waals surface area contributed by atoms with Crippen molar-refractivity contribution >= 4 is 6.29 Å². The monoisotopic (exact) mass is 240 g/mol. The van der Waals surface area contributed by atoms with E-state index in [-0.39, 0.29) is 0 Å². The Labute approximate surface area is 106 Å². The number of aryl methyl sites for hydroxylation is 1. The van der Waals surface area contributed by atoms with Crippen LogP contribution in [0.5, 0.6) is 0 Å². The van der Waals surface area contributed by atoms with Gasteiger partial charge >= 0.3 is 0 Å². The van der Waals surface area contributed by atoms with E-state index in [0.717, 1.165) is 24.7 Å². The standard InChI is InChI=1S/C15H16N2O/c1-11-14-8-12(9-18)2-3-13(14)4-5-15(11)17-7-6-16-10-17/h2-3,6-11,15H,4-5H2,1H3. The molecule has 0 bridgehead atoms. The van der Waals surface area contributed by atoms with Gasteiger partial charge in [0.1, 0.15) is 6.29 Å². The molecular weight excluding hydrogens is 224 g/mol. The second-order valence-electron chi connectivity index (χ2n) is 4.98. The van der Waals surface area contributed by atoms with Gasteiger partial charge in [-0.1, -0.05) is 19.1 Å². The fourth-order valence-electron chi connectivity index (χ4n) is 2.97. The zero-order valence-corrected chi connectivity index (χ0v) is 10.4. The summed E-state index contributed by atoms with van der Waals surface area (Å²) < 4.78 is 2.18. The largest absolute Gasteiger partial charge is 0.334 e. The van der Waals surface area contributed by atoms with Gasteiger partial charge in [-0.3, -0.25) is 4.79 Å². The summed E-state index contributed by atoms with van der Waals surface area (Å²) in [7, 11) is 0. The molecule has 3 nitrogen and oxygen atoms in total. The summed E-state index contributed by atoms with van der Waals surface area (Å²) in [6.45, 7) is 2.23. The van der Waals surface area contributed by atoms with Crippen LogP contribution in [0.1, 0.15) is 46.8 Å². The van der Waals surface area contributed by atoms with Crippen LogP contribution in [-0.2, 0) is 6.42 Å². The number of aromatic nitrogens is 2. The lowest BCUT2D eigenvalue weighted by molar-refractivity contribution is 0.112. The number of fused-ring (bicyclic) bond motifs is 1. The lowest BCUT2D eigenvalue weighted by Crippen LogP contribution is -2.21. The Morgan fingerprint density at radius 3 is 3.06 bits per heavy atom. The SMILES string of the molecule is CC1c2cc(C=O)ccc2CCC1n1ccnc1. The summed E-state index contributed by atoms with van der Waals surface area (Å²) in [6.07, 6.45) is 8.86. The number of hydrogen-bond acceptors (Lipinski definition) is 2. The minimum Gasteiger partial charge on any atom is -0.334 e. The number of carbonyl (C=O) groups excluding carboxylic acids is 1. The average Bonchev–Trinajstić information content (AvgIpc) is 2.93. The molecule has 1 aromatic heterocycles. The van der Waals surface area contributed by atoms with Crippen molar-refractivity contribution in [3.05, 3.63) is 53.6 Å². The second kappa shape index (κ2) is 4.41. The predicted octanol–water partition coefficient (Wildman–Crippen LogP) is 2.99. The van der Waals surface area contributed by atoms with Gasteiger partial charge in [0.05, 0.1) is 6.33 Å². The van der Waals surface area contributed by atoms with Gasteiger partial charge in [0, 0.05) is 29.9 Å². The van der Waals surface area contributed by atoms with Crippen LogP contribution in [-0.4, -0.2) is 15.8 Å². The van der Waals surface area contributed by atoms with Gasteiger partial charge < -0.3 is 4.57 Å². The molecule has 1 heterocycles. The molecule has 0 spiro atoms. The summed E-state index contributed by atoms with van der Waals surface area (Å²) in [5.41, 5.74) is 3.46. The average molecular weight is 240 g/mol. The third-order valence-electron chi connectivity index (χ3n) is 3.99. The smallest absolute Gasteiger partial charge is 0.150 e. The molecular formula is C15H16N2O. The maximum atomic E-state index is 10.9. The third kappa shape index (κ3) is 1.76. The number of imidazole rings is 1. The molecule has 0 saturated carbocycles. The molecule has 0 radical (unpaired) electrons. The summed E-state index contributed by atoms with van der Waals surface area (Å²) in [6, 6.07) is 6.49. The van der Waals surface area contributed by atoms with Crippen molar-refractivity contribution in [3.63, 3.8) is 0 Å². The molecule has 2 unspecified atom stereocenters. The van der Waals surface area contributed by atoms with Gasteiger partial charge in [-0.2, -0.15) is 0 Å². The zero-order chi connectivity index (χ0) is 12.5. The van der Waals surface area contributed by atoms with Crippen molar-refractivity contribution in [2.75, 3.05) is 0 Å². The highest BCUT2D eigenvalue weighted by atomic mass is 16.1. The highest BCUT2D eigenvalue weighted by Crippen LogP contribution is 2.39. The summed E-state index contributed by atoms with van der Waals surface area (Å²) in [5, 5.41) is 0. The Balaban J connectivity index is 2.00. The van der Waals surface area contributed by atoms with Gasteiger partial charge in [0.2, 0.25) is 0 Å². The number of benzene rings is 1. The van der Waals surface area contributed by atoms with E-state index in [4.69, 9.17) is 0 Å². The molecule has 1 aromatic carbocycles. The van der Waals surface area contributed by atoms with Crippen molar-refractivity contribution in [3.8, 4) is 0 Å². The molecule has 0 amide bonds. The molecule has 0 saturated heterocycles. The van der Waals surface area contributed by atoms with E-state index < -0.39 is 0 Å². The van der Waals surface area contributed by atoms with Gasteiger partial charge in [-0.05, 0) is 30.0 Å². The van der Waals surface area contributed by atoms with Crippen molar-refractivity contribution in [1.82, 2.24) is 9.55 Å². The van der Waals surface area contributed by atoms with Gasteiger partial charge in [0.15, 0.2) is 0 Å². The first kappa shape index (κ1) is 11.2. The minimum atomic E-state index is 0.419. The molecule has 92 valence electrons. The summed E-state index contributed by atoms with van der Waals surface area (Å²) >= 11 is 0. The van der Waals surface area contributed by atoms with Crippen LogP contribution in [0.25, 0.3) is 0 Å². The topological polar surface area (TPSA) is 34.9 Å². The van der Waals surface area contributed by atoms with Crippen LogP contribution >= 0.6 is 0 Å². The summed E-state index contributed by atoms with van der Waals surface area (Å²) in [4.78, 5) is 15.0. The lowest BCUT2D eigenvalue weighted by Gasteiger charge is -2.32. The van der Waals surface area contributed by atoms with E-state index in [2.05, 4.69) is 22.5 Å². The number of carbonyl (C=O) groups is 1. The van der Waals surface area contributed by atoms with E-state index in [9.17, 15) is 4.79 Å². The Bertz CT molecular complexity index is 560. The molecule has 0 aliphatic heterocycles. The molecule has 18 heavy (non-hydrogen) atoms. The fourth-order valence-corrected chi connectivity index (χ4v) is 2.97. The van der Waals surface area contributed by atoms with Gasteiger partial charge in [-0.25, -0.2) is 4.98 Å². The van der Waals surface area contributed by atoms with Gasteiger partial charge in [0.25, 0.3) is 0 Å². The number of rotatable bonds is 2. The van der Waals surface area contributed by atoms with E-state index in [1.807, 2.05) is 30.9 Å². The Morgan fingerprint density at radius 2 is 2.33 bits per heavy atom. The van der Waals surface area contributed by atoms with E-state index >= 15 is 0 Å². The predicted molar refractivity (Wildman–Crippen MR) is 69.8 cm³/mol. The number of aldehydes is 1. The van der Waals surface area contributed by atoms with Crippen LogP contribution in [0, 0.1) is 0 Å². The minimum absolute atomic E-state index is 0.419.